The Kier molecular flexibility index (Phi) is 10.2. The van der Waals surface area contributed by atoms with Gasteiger partial charge in [-0.1, -0.05) is 6.92 Å². The van der Waals surface area contributed by atoms with Crippen molar-refractivity contribution < 1.29 is 9.88 Å². The van der Waals surface area contributed by atoms with E-state index in [0.717, 1.165) is 26.1 Å². The van der Waals surface area contributed by atoms with Gasteiger partial charge in [0.25, 0.3) is 0 Å². The zero-order valence-corrected chi connectivity index (χ0v) is 10.4. The van der Waals surface area contributed by atoms with Gasteiger partial charge in [0.15, 0.2) is 0 Å². The van der Waals surface area contributed by atoms with Gasteiger partial charge in [0.1, 0.15) is 0 Å². The first kappa shape index (κ1) is 14.8. The molecule has 0 rings (SSSR count). The van der Waals surface area contributed by atoms with Crippen LogP contribution in [0.2, 0.25) is 0 Å². The van der Waals surface area contributed by atoms with E-state index in [1.165, 1.54) is 13.5 Å². The number of rotatable bonds is 10. The minimum absolute atomic E-state index is 0.381. The minimum atomic E-state index is 0.381. The number of nitrogens with one attached hydrogen (secondary N) is 2. The van der Waals surface area contributed by atoms with Crippen molar-refractivity contribution in [1.82, 2.24) is 15.9 Å². The van der Waals surface area contributed by atoms with Crippen LogP contribution in [0.15, 0.2) is 0 Å². The maximum Gasteiger partial charge on any atom is 0.0733 e. The van der Waals surface area contributed by atoms with Crippen LogP contribution in [0.3, 0.4) is 0 Å². The summed E-state index contributed by atoms with van der Waals surface area (Å²) in [6.45, 7) is 9.42. The van der Waals surface area contributed by atoms with Crippen molar-refractivity contribution in [3.8, 4) is 0 Å². The van der Waals surface area contributed by atoms with E-state index in [1.807, 2.05) is 5.01 Å². The highest BCUT2D eigenvalue weighted by molar-refractivity contribution is 4.56. The van der Waals surface area contributed by atoms with Crippen LogP contribution in [0, 0.1) is 0 Å². The van der Waals surface area contributed by atoms with E-state index >= 15 is 0 Å². The normalized spacial score (nSPS) is 11.6. The van der Waals surface area contributed by atoms with Gasteiger partial charge in [0, 0.05) is 12.6 Å². The molecule has 0 radical (unpaired) electrons. The smallest absolute Gasteiger partial charge is 0.0733 e. The zero-order chi connectivity index (χ0) is 11.5. The van der Waals surface area contributed by atoms with Crippen molar-refractivity contribution in [3.63, 3.8) is 0 Å². The number of hydrogen-bond donors (Lipinski definition) is 2. The van der Waals surface area contributed by atoms with Crippen LogP contribution in [0.5, 0.6) is 0 Å². The summed E-state index contributed by atoms with van der Waals surface area (Å²) >= 11 is 0. The number of hydrogen-bond acceptors (Lipinski definition) is 5. The molecule has 0 atom stereocenters. The average molecular weight is 219 g/mol. The molecule has 15 heavy (non-hydrogen) atoms. The molecule has 0 amide bonds. The van der Waals surface area contributed by atoms with Gasteiger partial charge in [-0.05, 0) is 39.8 Å². The molecule has 0 aromatic rings. The molecule has 0 saturated heterocycles. The fourth-order valence-electron chi connectivity index (χ4n) is 1.17. The van der Waals surface area contributed by atoms with Crippen molar-refractivity contribution in [2.24, 2.45) is 0 Å². The van der Waals surface area contributed by atoms with Crippen LogP contribution < -0.4 is 10.9 Å². The molecule has 0 aromatic carbocycles. The second-order valence-electron chi connectivity index (χ2n) is 3.73. The lowest BCUT2D eigenvalue weighted by molar-refractivity contribution is -0.356. The molecule has 2 N–H and O–H groups in total. The van der Waals surface area contributed by atoms with Gasteiger partial charge in [-0.25, -0.2) is 9.90 Å². The van der Waals surface area contributed by atoms with Gasteiger partial charge in [0.2, 0.25) is 0 Å². The summed E-state index contributed by atoms with van der Waals surface area (Å²) in [5, 5.41) is 5.36. The fourth-order valence-corrected chi connectivity index (χ4v) is 1.17. The van der Waals surface area contributed by atoms with E-state index in [9.17, 15) is 0 Å². The molecule has 0 aromatic heterocycles. The quantitative estimate of drug-likeness (QED) is 0.327. The number of hydrazine groups is 1. The highest BCUT2D eigenvalue weighted by Gasteiger charge is 2.08. The minimum Gasteiger partial charge on any atom is -0.317 e. The van der Waals surface area contributed by atoms with E-state index in [4.69, 9.17) is 4.99 Å². The molecule has 0 aliphatic rings. The Hall–Kier alpha value is -0.200. The molecule has 0 bridgehead atoms. The topological polar surface area (TPSA) is 45.8 Å². The largest absolute Gasteiger partial charge is 0.317 e. The maximum absolute atomic E-state index is 4.69. The van der Waals surface area contributed by atoms with Crippen LogP contribution in [-0.4, -0.2) is 37.8 Å². The summed E-state index contributed by atoms with van der Waals surface area (Å²) in [5.74, 6) is 0. The van der Waals surface area contributed by atoms with E-state index in [-0.39, 0.29) is 0 Å². The number of nitrogens with zero attached hydrogens (tertiary/aromatic N) is 1. The summed E-state index contributed by atoms with van der Waals surface area (Å²) < 4.78 is 0. The van der Waals surface area contributed by atoms with Crippen molar-refractivity contribution in [3.05, 3.63) is 0 Å². The Bertz CT molecular complexity index is 134. The Morgan fingerprint density at radius 2 is 2.00 bits per heavy atom. The summed E-state index contributed by atoms with van der Waals surface area (Å²) in [6.07, 6.45) is 2.26. The third-order valence-corrected chi connectivity index (χ3v) is 2.04. The molecule has 0 saturated carbocycles. The molecule has 5 heteroatoms. The van der Waals surface area contributed by atoms with Crippen molar-refractivity contribution in [2.75, 3.05) is 26.7 Å². The molecule has 0 spiro atoms. The van der Waals surface area contributed by atoms with Gasteiger partial charge in [-0.3, -0.25) is 0 Å². The first-order chi connectivity index (χ1) is 7.22. The molecule has 92 valence electrons. The highest BCUT2D eigenvalue weighted by Crippen LogP contribution is 1.95. The Morgan fingerprint density at radius 1 is 1.27 bits per heavy atom. The van der Waals surface area contributed by atoms with Crippen molar-refractivity contribution in [1.29, 1.82) is 0 Å². The van der Waals surface area contributed by atoms with E-state index in [1.54, 1.807) is 0 Å². The third kappa shape index (κ3) is 8.77. The SMILES string of the molecule is CCCNCCCN(NOOC)C(C)C. The van der Waals surface area contributed by atoms with E-state index in [2.05, 4.69) is 36.6 Å². The molecular formula is C10H25N3O2. The lowest BCUT2D eigenvalue weighted by Gasteiger charge is -2.25. The fraction of sp³-hybridized carbons (Fsp3) is 1.00. The first-order valence-electron chi connectivity index (χ1n) is 5.65. The summed E-state index contributed by atoms with van der Waals surface area (Å²) in [4.78, 5) is 9.19. The van der Waals surface area contributed by atoms with Gasteiger partial charge in [-0.2, -0.15) is 0 Å². The summed E-state index contributed by atoms with van der Waals surface area (Å²) in [6, 6.07) is 0.381. The van der Waals surface area contributed by atoms with Crippen LogP contribution in [0.1, 0.15) is 33.6 Å². The van der Waals surface area contributed by atoms with Crippen LogP contribution in [0.25, 0.3) is 0 Å². The molecule has 0 fully saturated rings. The monoisotopic (exact) mass is 219 g/mol. The zero-order valence-electron chi connectivity index (χ0n) is 10.4. The van der Waals surface area contributed by atoms with Crippen molar-refractivity contribution in [2.45, 2.75) is 39.7 Å². The van der Waals surface area contributed by atoms with Gasteiger partial charge in [-0.15, -0.1) is 10.6 Å². The average Bonchev–Trinajstić information content (AvgIpc) is 2.21. The lowest BCUT2D eigenvalue weighted by atomic mass is 10.3. The van der Waals surface area contributed by atoms with Crippen LogP contribution in [-0.2, 0) is 9.88 Å². The molecular weight excluding hydrogens is 194 g/mol. The Morgan fingerprint density at radius 3 is 2.53 bits per heavy atom. The highest BCUT2D eigenvalue weighted by atomic mass is 17.3. The second kappa shape index (κ2) is 10.3. The van der Waals surface area contributed by atoms with E-state index in [0.29, 0.717) is 6.04 Å². The Balaban J connectivity index is 3.48. The molecule has 0 unspecified atom stereocenters. The van der Waals surface area contributed by atoms with Gasteiger partial charge < -0.3 is 5.32 Å². The van der Waals surface area contributed by atoms with Gasteiger partial charge in [0.05, 0.1) is 7.11 Å². The first-order valence-corrected chi connectivity index (χ1v) is 5.65. The molecule has 5 nitrogen and oxygen atoms in total. The Labute approximate surface area is 93.0 Å². The standard InChI is InChI=1S/C10H25N3O2/c1-5-7-11-8-6-9-13(10(2)3)12-15-14-4/h10-12H,5-9H2,1-4H3. The predicted octanol–water partition coefficient (Wildman–Crippen LogP) is 1.08. The third-order valence-electron chi connectivity index (χ3n) is 2.04. The predicted molar refractivity (Wildman–Crippen MR) is 60.8 cm³/mol. The maximum atomic E-state index is 4.69. The van der Waals surface area contributed by atoms with Crippen LogP contribution in [0.4, 0.5) is 0 Å². The molecule has 0 heterocycles. The second-order valence-corrected chi connectivity index (χ2v) is 3.73. The van der Waals surface area contributed by atoms with Gasteiger partial charge >= 0.3 is 0 Å². The summed E-state index contributed by atoms with van der Waals surface area (Å²) in [5.41, 5.74) is 2.74. The lowest BCUT2D eigenvalue weighted by Crippen LogP contribution is -2.44. The van der Waals surface area contributed by atoms with E-state index < -0.39 is 0 Å². The van der Waals surface area contributed by atoms with Crippen molar-refractivity contribution >= 4 is 0 Å². The molecule has 0 aliphatic heterocycles. The summed E-state index contributed by atoms with van der Waals surface area (Å²) in [7, 11) is 1.48. The molecule has 0 aliphatic carbocycles. The van der Waals surface area contributed by atoms with Crippen LogP contribution >= 0.6 is 0 Å².